The van der Waals surface area contributed by atoms with E-state index in [1.165, 1.54) is 0 Å². The molecule has 1 aromatic rings. The average molecular weight is 277 g/mol. The Kier molecular flexibility index (Phi) is 4.78. The number of ether oxygens (including phenoxy) is 2. The van der Waals surface area contributed by atoms with Crippen LogP contribution < -0.4 is 4.74 Å². The van der Waals surface area contributed by atoms with E-state index in [0.29, 0.717) is 26.4 Å². The molecule has 0 radical (unpaired) electrons. The van der Waals surface area contributed by atoms with Crippen LogP contribution in [0.5, 0.6) is 5.75 Å². The minimum absolute atomic E-state index is 0.0842. The SMILES string of the molecule is CCOc1ccc(C(=O)CN2CCOCC2(C)C)cc1. The number of carbonyl (C=O) groups excluding carboxylic acids is 1. The largest absolute Gasteiger partial charge is 0.494 e. The normalized spacial score (nSPS) is 18.8. The van der Waals surface area contributed by atoms with Gasteiger partial charge in [0.1, 0.15) is 5.75 Å². The highest BCUT2D eigenvalue weighted by Crippen LogP contribution is 2.20. The standard InChI is InChI=1S/C16H23NO3/c1-4-20-14-7-5-13(6-8-14)15(18)11-17-9-10-19-12-16(17,2)3/h5-8H,4,9-12H2,1-3H3. The quantitative estimate of drug-likeness (QED) is 0.775. The van der Waals surface area contributed by atoms with E-state index in [0.717, 1.165) is 17.9 Å². The highest BCUT2D eigenvalue weighted by atomic mass is 16.5. The zero-order chi connectivity index (χ0) is 14.6. The van der Waals surface area contributed by atoms with Crippen LogP contribution in [0.4, 0.5) is 0 Å². The summed E-state index contributed by atoms with van der Waals surface area (Å²) in [6, 6.07) is 7.37. The van der Waals surface area contributed by atoms with Crippen LogP contribution in [0.25, 0.3) is 0 Å². The van der Waals surface area contributed by atoms with E-state index >= 15 is 0 Å². The molecule has 1 aliphatic heterocycles. The van der Waals surface area contributed by atoms with E-state index in [9.17, 15) is 4.79 Å². The second-order valence-corrected chi connectivity index (χ2v) is 5.67. The lowest BCUT2D eigenvalue weighted by Gasteiger charge is -2.41. The third kappa shape index (κ3) is 3.58. The van der Waals surface area contributed by atoms with Gasteiger partial charge >= 0.3 is 0 Å². The molecule has 2 rings (SSSR count). The van der Waals surface area contributed by atoms with Crippen LogP contribution in [0.3, 0.4) is 0 Å². The van der Waals surface area contributed by atoms with E-state index in [1.807, 2.05) is 31.2 Å². The summed E-state index contributed by atoms with van der Waals surface area (Å²) in [6.45, 7) is 9.40. The number of benzene rings is 1. The third-order valence-electron chi connectivity index (χ3n) is 3.64. The number of morpholine rings is 1. The van der Waals surface area contributed by atoms with Crippen molar-refractivity contribution in [3.8, 4) is 5.75 Å². The highest BCUT2D eigenvalue weighted by Gasteiger charge is 2.31. The molecule has 0 aliphatic carbocycles. The Labute approximate surface area is 120 Å². The lowest BCUT2D eigenvalue weighted by molar-refractivity contribution is -0.0467. The Morgan fingerprint density at radius 2 is 2.05 bits per heavy atom. The van der Waals surface area contributed by atoms with Gasteiger partial charge in [-0.25, -0.2) is 0 Å². The maximum Gasteiger partial charge on any atom is 0.176 e. The number of Topliss-reactive ketones (excluding diaryl/α,β-unsaturated/α-hetero) is 1. The lowest BCUT2D eigenvalue weighted by atomic mass is 10.0. The molecular formula is C16H23NO3. The van der Waals surface area contributed by atoms with Crippen molar-refractivity contribution in [1.29, 1.82) is 0 Å². The van der Waals surface area contributed by atoms with Gasteiger partial charge in [0, 0.05) is 17.6 Å². The first kappa shape index (κ1) is 15.0. The highest BCUT2D eigenvalue weighted by molar-refractivity contribution is 5.97. The van der Waals surface area contributed by atoms with Crippen molar-refractivity contribution in [2.45, 2.75) is 26.3 Å². The van der Waals surface area contributed by atoms with Crippen molar-refractivity contribution >= 4 is 5.78 Å². The predicted octanol–water partition coefficient (Wildman–Crippen LogP) is 2.38. The van der Waals surface area contributed by atoms with Gasteiger partial charge in [-0.2, -0.15) is 0 Å². The monoisotopic (exact) mass is 277 g/mol. The van der Waals surface area contributed by atoms with Gasteiger partial charge in [0.05, 0.1) is 26.4 Å². The maximum atomic E-state index is 12.3. The predicted molar refractivity (Wildman–Crippen MR) is 78.4 cm³/mol. The molecule has 0 saturated carbocycles. The fraction of sp³-hybridized carbons (Fsp3) is 0.562. The minimum Gasteiger partial charge on any atom is -0.494 e. The second-order valence-electron chi connectivity index (χ2n) is 5.67. The number of hydrogen-bond donors (Lipinski definition) is 0. The lowest BCUT2D eigenvalue weighted by Crippen LogP contribution is -2.54. The fourth-order valence-corrected chi connectivity index (χ4v) is 2.35. The zero-order valence-electron chi connectivity index (χ0n) is 12.5. The van der Waals surface area contributed by atoms with Gasteiger partial charge in [0.2, 0.25) is 0 Å². The van der Waals surface area contributed by atoms with Gasteiger partial charge < -0.3 is 9.47 Å². The summed E-state index contributed by atoms with van der Waals surface area (Å²) in [4.78, 5) is 14.5. The Morgan fingerprint density at radius 3 is 2.65 bits per heavy atom. The summed E-state index contributed by atoms with van der Waals surface area (Å²) in [6.07, 6.45) is 0. The molecule has 110 valence electrons. The summed E-state index contributed by atoms with van der Waals surface area (Å²) < 4.78 is 10.9. The van der Waals surface area contributed by atoms with Crippen molar-refractivity contribution in [2.24, 2.45) is 0 Å². The number of nitrogens with zero attached hydrogens (tertiary/aromatic N) is 1. The molecule has 1 aliphatic rings. The number of carbonyl (C=O) groups is 1. The van der Waals surface area contributed by atoms with Crippen molar-refractivity contribution in [2.75, 3.05) is 32.9 Å². The van der Waals surface area contributed by atoms with E-state index in [-0.39, 0.29) is 11.3 Å². The number of rotatable bonds is 5. The Morgan fingerprint density at radius 1 is 1.35 bits per heavy atom. The van der Waals surface area contributed by atoms with Crippen LogP contribution >= 0.6 is 0 Å². The molecule has 0 N–H and O–H groups in total. The molecule has 1 heterocycles. The zero-order valence-corrected chi connectivity index (χ0v) is 12.5. The fourth-order valence-electron chi connectivity index (χ4n) is 2.35. The Hall–Kier alpha value is -1.39. The topological polar surface area (TPSA) is 38.8 Å². The van der Waals surface area contributed by atoms with Gasteiger partial charge in [0.25, 0.3) is 0 Å². The summed E-state index contributed by atoms with van der Waals surface area (Å²) >= 11 is 0. The number of ketones is 1. The summed E-state index contributed by atoms with van der Waals surface area (Å²) in [7, 11) is 0. The molecule has 20 heavy (non-hydrogen) atoms. The molecule has 0 unspecified atom stereocenters. The van der Waals surface area contributed by atoms with Gasteiger partial charge in [-0.3, -0.25) is 9.69 Å². The van der Waals surface area contributed by atoms with Gasteiger partial charge in [0.15, 0.2) is 5.78 Å². The molecule has 1 saturated heterocycles. The molecule has 1 fully saturated rings. The number of hydrogen-bond acceptors (Lipinski definition) is 4. The Bertz CT molecular complexity index is 453. The first-order chi connectivity index (χ1) is 9.53. The minimum atomic E-state index is -0.0842. The van der Waals surface area contributed by atoms with Gasteiger partial charge in [-0.05, 0) is 45.0 Å². The maximum absolute atomic E-state index is 12.3. The van der Waals surface area contributed by atoms with E-state index in [2.05, 4.69) is 18.7 Å². The van der Waals surface area contributed by atoms with Crippen LogP contribution in [0.1, 0.15) is 31.1 Å². The molecule has 0 amide bonds. The van der Waals surface area contributed by atoms with Crippen molar-refractivity contribution in [3.63, 3.8) is 0 Å². The molecule has 0 atom stereocenters. The molecule has 4 nitrogen and oxygen atoms in total. The Balaban J connectivity index is 2.00. The van der Waals surface area contributed by atoms with E-state index in [1.54, 1.807) is 0 Å². The summed E-state index contributed by atoms with van der Waals surface area (Å²) in [5.74, 6) is 0.943. The first-order valence-corrected chi connectivity index (χ1v) is 7.12. The molecule has 1 aromatic carbocycles. The van der Waals surface area contributed by atoms with Crippen LogP contribution in [0.2, 0.25) is 0 Å². The third-order valence-corrected chi connectivity index (χ3v) is 3.64. The smallest absolute Gasteiger partial charge is 0.176 e. The van der Waals surface area contributed by atoms with Crippen LogP contribution in [-0.4, -0.2) is 49.1 Å². The van der Waals surface area contributed by atoms with Crippen molar-refractivity contribution < 1.29 is 14.3 Å². The summed E-state index contributed by atoms with van der Waals surface area (Å²) in [5.41, 5.74) is 0.648. The molecule has 0 aromatic heterocycles. The first-order valence-electron chi connectivity index (χ1n) is 7.12. The van der Waals surface area contributed by atoms with Crippen LogP contribution in [0, 0.1) is 0 Å². The van der Waals surface area contributed by atoms with Crippen molar-refractivity contribution in [1.82, 2.24) is 4.90 Å². The van der Waals surface area contributed by atoms with Crippen LogP contribution in [0.15, 0.2) is 24.3 Å². The molecule has 0 spiro atoms. The van der Waals surface area contributed by atoms with Crippen molar-refractivity contribution in [3.05, 3.63) is 29.8 Å². The molecule has 0 bridgehead atoms. The molecule has 4 heteroatoms. The van der Waals surface area contributed by atoms with Crippen LogP contribution in [-0.2, 0) is 4.74 Å². The van der Waals surface area contributed by atoms with Gasteiger partial charge in [-0.15, -0.1) is 0 Å². The average Bonchev–Trinajstić information content (AvgIpc) is 2.42. The van der Waals surface area contributed by atoms with E-state index in [4.69, 9.17) is 9.47 Å². The second kappa shape index (κ2) is 6.37. The summed E-state index contributed by atoms with van der Waals surface area (Å²) in [5, 5.41) is 0. The molecular weight excluding hydrogens is 254 g/mol. The van der Waals surface area contributed by atoms with E-state index < -0.39 is 0 Å². The van der Waals surface area contributed by atoms with Gasteiger partial charge in [-0.1, -0.05) is 0 Å².